The highest BCUT2D eigenvalue weighted by Crippen LogP contribution is 2.22. The molecular formula is C23H29N5O4. The molecular weight excluding hydrogens is 410 g/mol. The predicted molar refractivity (Wildman–Crippen MR) is 124 cm³/mol. The molecule has 170 valence electrons. The summed E-state index contributed by atoms with van der Waals surface area (Å²) in [4.78, 5) is 39.2. The van der Waals surface area contributed by atoms with E-state index in [1.54, 1.807) is 6.92 Å². The highest BCUT2D eigenvalue weighted by Gasteiger charge is 2.17. The van der Waals surface area contributed by atoms with E-state index in [1.165, 1.54) is 29.4 Å². The molecule has 32 heavy (non-hydrogen) atoms. The fourth-order valence-corrected chi connectivity index (χ4v) is 3.55. The van der Waals surface area contributed by atoms with Crippen molar-refractivity contribution in [1.82, 2.24) is 10.2 Å². The minimum Gasteiger partial charge on any atom is -0.369 e. The highest BCUT2D eigenvalue weighted by molar-refractivity contribution is 6.39. The molecule has 0 saturated carbocycles. The zero-order valence-electron chi connectivity index (χ0n) is 18.5. The molecule has 1 fully saturated rings. The van der Waals surface area contributed by atoms with Gasteiger partial charge in [0.05, 0.1) is 10.6 Å². The second kappa shape index (κ2) is 10.7. The van der Waals surface area contributed by atoms with Gasteiger partial charge in [-0.1, -0.05) is 18.2 Å². The van der Waals surface area contributed by atoms with E-state index in [-0.39, 0.29) is 11.4 Å². The number of non-ortho nitro benzene ring substituents is 1. The molecule has 2 aromatic carbocycles. The number of nitro groups is 1. The number of nitrogens with zero attached hydrogens (tertiary/aromatic N) is 3. The van der Waals surface area contributed by atoms with Crippen LogP contribution in [0.25, 0.3) is 0 Å². The monoisotopic (exact) mass is 439 g/mol. The maximum atomic E-state index is 12.1. The normalized spacial score (nSPS) is 14.1. The number of aryl methyl sites for hydroxylation is 2. The Labute approximate surface area is 187 Å². The maximum absolute atomic E-state index is 12.1. The van der Waals surface area contributed by atoms with E-state index in [0.29, 0.717) is 18.5 Å². The van der Waals surface area contributed by atoms with Crippen LogP contribution in [0.2, 0.25) is 0 Å². The van der Waals surface area contributed by atoms with Crippen LogP contribution in [-0.4, -0.2) is 61.4 Å². The molecule has 9 nitrogen and oxygen atoms in total. The third-order valence-electron chi connectivity index (χ3n) is 5.62. The lowest BCUT2D eigenvalue weighted by molar-refractivity contribution is -0.384. The lowest BCUT2D eigenvalue weighted by Crippen LogP contribution is -2.44. The van der Waals surface area contributed by atoms with Gasteiger partial charge < -0.3 is 20.4 Å². The van der Waals surface area contributed by atoms with Crippen LogP contribution in [0.15, 0.2) is 42.5 Å². The number of anilines is 2. The van der Waals surface area contributed by atoms with Crippen LogP contribution in [0.1, 0.15) is 17.5 Å². The van der Waals surface area contributed by atoms with Crippen LogP contribution in [0.4, 0.5) is 17.1 Å². The molecule has 1 heterocycles. The Balaban J connectivity index is 1.41. The number of benzene rings is 2. The number of likely N-dealkylation sites (N-methyl/N-ethyl adjacent to an activating group) is 1. The number of hydrogen-bond acceptors (Lipinski definition) is 6. The average Bonchev–Trinajstić information content (AvgIpc) is 2.78. The average molecular weight is 440 g/mol. The van der Waals surface area contributed by atoms with E-state index in [9.17, 15) is 19.7 Å². The standard InChI is InChI=1S/C23H29N5O4/c1-17-5-8-20(28(31)32)16-21(17)25-23(30)22(29)24-11-3-4-18-6-9-19(10-7-18)27-14-12-26(2)13-15-27/h5-10,16H,3-4,11-15H2,1-2H3,(H,24,29)(H,25,30). The fraction of sp³-hybridized carbons (Fsp3) is 0.391. The second-order valence-electron chi connectivity index (χ2n) is 8.03. The molecule has 2 amide bonds. The predicted octanol–water partition coefficient (Wildman–Crippen LogP) is 2.34. The Morgan fingerprint density at radius 3 is 2.38 bits per heavy atom. The van der Waals surface area contributed by atoms with Gasteiger partial charge in [0.2, 0.25) is 0 Å². The number of amides is 2. The molecule has 0 atom stereocenters. The smallest absolute Gasteiger partial charge is 0.313 e. The topological polar surface area (TPSA) is 108 Å². The number of rotatable bonds is 7. The van der Waals surface area contributed by atoms with Crippen molar-refractivity contribution >= 4 is 28.9 Å². The van der Waals surface area contributed by atoms with Gasteiger partial charge in [0.25, 0.3) is 5.69 Å². The minimum atomic E-state index is -0.842. The maximum Gasteiger partial charge on any atom is 0.313 e. The molecule has 3 rings (SSSR count). The molecule has 2 N–H and O–H groups in total. The number of nitro benzene ring substituents is 1. The number of carbonyl (C=O) groups excluding carboxylic acids is 2. The summed E-state index contributed by atoms with van der Waals surface area (Å²) < 4.78 is 0. The zero-order valence-corrected chi connectivity index (χ0v) is 18.5. The lowest BCUT2D eigenvalue weighted by atomic mass is 10.1. The third-order valence-corrected chi connectivity index (χ3v) is 5.62. The molecule has 1 aliphatic rings. The molecule has 1 saturated heterocycles. The summed E-state index contributed by atoms with van der Waals surface area (Å²) in [6.07, 6.45) is 1.48. The first-order valence-corrected chi connectivity index (χ1v) is 10.7. The Kier molecular flexibility index (Phi) is 7.77. The molecule has 2 aromatic rings. The van der Waals surface area contributed by atoms with E-state index in [4.69, 9.17) is 0 Å². The molecule has 9 heteroatoms. The van der Waals surface area contributed by atoms with Crippen LogP contribution in [0.3, 0.4) is 0 Å². The van der Waals surface area contributed by atoms with Crippen molar-refractivity contribution in [2.24, 2.45) is 0 Å². The summed E-state index contributed by atoms with van der Waals surface area (Å²) in [7, 11) is 2.14. The van der Waals surface area contributed by atoms with Gasteiger partial charge in [-0.25, -0.2) is 0 Å². The Morgan fingerprint density at radius 1 is 1.03 bits per heavy atom. The number of hydrogen-bond donors (Lipinski definition) is 2. The SMILES string of the molecule is Cc1ccc([N+](=O)[O-])cc1NC(=O)C(=O)NCCCc1ccc(N2CCN(C)CC2)cc1. The van der Waals surface area contributed by atoms with Crippen LogP contribution in [0.5, 0.6) is 0 Å². The van der Waals surface area contributed by atoms with Gasteiger partial charge in [0.15, 0.2) is 0 Å². The van der Waals surface area contributed by atoms with Gasteiger partial charge in [0, 0.05) is 50.5 Å². The van der Waals surface area contributed by atoms with Crippen molar-refractivity contribution in [3.05, 3.63) is 63.7 Å². The second-order valence-corrected chi connectivity index (χ2v) is 8.03. The van der Waals surface area contributed by atoms with Gasteiger partial charge in [-0.3, -0.25) is 19.7 Å². The molecule has 0 spiro atoms. The molecule has 0 radical (unpaired) electrons. The van der Waals surface area contributed by atoms with E-state index < -0.39 is 16.7 Å². The Hall–Kier alpha value is -3.46. The Bertz CT molecular complexity index is 969. The summed E-state index contributed by atoms with van der Waals surface area (Å²) in [6.45, 7) is 6.25. The van der Waals surface area contributed by atoms with Crippen LogP contribution >= 0.6 is 0 Å². The summed E-state index contributed by atoms with van der Waals surface area (Å²) >= 11 is 0. The summed E-state index contributed by atoms with van der Waals surface area (Å²) in [5.74, 6) is -1.61. The number of carbonyl (C=O) groups is 2. The number of piperazine rings is 1. The molecule has 0 aliphatic carbocycles. The van der Waals surface area contributed by atoms with Crippen molar-refractivity contribution in [3.8, 4) is 0 Å². The van der Waals surface area contributed by atoms with Crippen molar-refractivity contribution in [1.29, 1.82) is 0 Å². The van der Waals surface area contributed by atoms with Crippen molar-refractivity contribution < 1.29 is 14.5 Å². The first-order chi connectivity index (χ1) is 15.3. The minimum absolute atomic E-state index is 0.148. The van der Waals surface area contributed by atoms with Gasteiger partial charge >= 0.3 is 11.8 Å². The number of nitrogens with one attached hydrogen (secondary N) is 2. The van der Waals surface area contributed by atoms with E-state index in [2.05, 4.69) is 51.7 Å². The largest absolute Gasteiger partial charge is 0.369 e. The molecule has 0 aromatic heterocycles. The first-order valence-electron chi connectivity index (χ1n) is 10.7. The summed E-state index contributed by atoms with van der Waals surface area (Å²) in [5.41, 5.74) is 3.14. The quantitative estimate of drug-likeness (QED) is 0.297. The lowest BCUT2D eigenvalue weighted by Gasteiger charge is -2.34. The highest BCUT2D eigenvalue weighted by atomic mass is 16.6. The van der Waals surface area contributed by atoms with Crippen LogP contribution in [-0.2, 0) is 16.0 Å². The van der Waals surface area contributed by atoms with E-state index in [1.807, 2.05) is 0 Å². The van der Waals surface area contributed by atoms with E-state index in [0.717, 1.165) is 32.6 Å². The molecule has 0 bridgehead atoms. The third kappa shape index (κ3) is 6.27. The summed E-state index contributed by atoms with van der Waals surface area (Å²) in [5, 5.41) is 15.9. The first kappa shape index (κ1) is 23.2. The van der Waals surface area contributed by atoms with Gasteiger partial charge in [-0.15, -0.1) is 0 Å². The van der Waals surface area contributed by atoms with Crippen LogP contribution < -0.4 is 15.5 Å². The van der Waals surface area contributed by atoms with Crippen LogP contribution in [0, 0.1) is 17.0 Å². The van der Waals surface area contributed by atoms with Crippen molar-refractivity contribution in [2.45, 2.75) is 19.8 Å². The van der Waals surface area contributed by atoms with Crippen molar-refractivity contribution in [2.75, 3.05) is 50.0 Å². The van der Waals surface area contributed by atoms with Gasteiger partial charge in [-0.05, 0) is 50.1 Å². The van der Waals surface area contributed by atoms with Gasteiger partial charge in [-0.2, -0.15) is 0 Å². The molecule has 1 aliphatic heterocycles. The van der Waals surface area contributed by atoms with Gasteiger partial charge in [0.1, 0.15) is 0 Å². The van der Waals surface area contributed by atoms with E-state index >= 15 is 0 Å². The molecule has 0 unspecified atom stereocenters. The zero-order chi connectivity index (χ0) is 23.1. The Morgan fingerprint density at radius 2 is 1.72 bits per heavy atom. The van der Waals surface area contributed by atoms with Crippen molar-refractivity contribution in [3.63, 3.8) is 0 Å². The fourth-order valence-electron chi connectivity index (χ4n) is 3.55. The summed E-state index contributed by atoms with van der Waals surface area (Å²) in [6, 6.07) is 12.6.